The van der Waals surface area contributed by atoms with Crippen molar-refractivity contribution in [2.75, 3.05) is 26.2 Å². The lowest BCUT2D eigenvalue weighted by Crippen LogP contribution is -2.57. The summed E-state index contributed by atoms with van der Waals surface area (Å²) in [6.07, 6.45) is 1.43. The van der Waals surface area contributed by atoms with E-state index >= 15 is 0 Å². The molecule has 0 bridgehead atoms. The molecule has 1 atom stereocenters. The molecule has 3 rings (SSSR count). The molecule has 0 aliphatic carbocycles. The van der Waals surface area contributed by atoms with Crippen LogP contribution in [0.4, 0.5) is 4.79 Å². The van der Waals surface area contributed by atoms with Crippen LogP contribution in [0, 0.1) is 0 Å². The smallest absolute Gasteiger partial charge is 0.410 e. The van der Waals surface area contributed by atoms with Crippen LogP contribution in [-0.4, -0.2) is 74.4 Å². The van der Waals surface area contributed by atoms with Gasteiger partial charge in [0.1, 0.15) is 11.9 Å². The number of rotatable bonds is 2. The number of hydrogen-bond donors (Lipinski definition) is 1. The highest BCUT2D eigenvalue weighted by Crippen LogP contribution is 2.18. The van der Waals surface area contributed by atoms with Gasteiger partial charge in [0.15, 0.2) is 11.8 Å². The average molecular weight is 463 g/mol. The Morgan fingerprint density at radius 2 is 2.16 bits per heavy atom. The molecule has 0 aromatic carbocycles. The Labute approximate surface area is 164 Å². The standard InChI is InChI=1S/C15H25N7O2.HI/c1-15(2,3)24-14(23)21-5-6-22-11(9-21)7-16-13(22)17-8-12-19-18-10-20(12)4;/h10-11H,5-9H2,1-4H3,(H,16,17);1H. The molecule has 0 spiro atoms. The number of aromatic nitrogens is 3. The van der Waals surface area contributed by atoms with E-state index in [9.17, 15) is 4.79 Å². The maximum absolute atomic E-state index is 12.2. The summed E-state index contributed by atoms with van der Waals surface area (Å²) in [6.45, 7) is 8.92. The normalized spacial score (nSPS) is 19.8. The number of nitrogens with zero attached hydrogens (tertiary/aromatic N) is 6. The van der Waals surface area contributed by atoms with Crippen molar-refractivity contribution in [1.82, 2.24) is 29.9 Å². The second-order valence-electron chi connectivity index (χ2n) is 7.15. The van der Waals surface area contributed by atoms with E-state index in [-0.39, 0.29) is 36.1 Å². The predicted octanol–water partition coefficient (Wildman–Crippen LogP) is 0.814. The SMILES string of the molecule is Cn1cnnc1CNC1=NCC2CN(C(=O)OC(C)(C)C)CCN12.I. The summed E-state index contributed by atoms with van der Waals surface area (Å²) < 4.78 is 7.34. The fraction of sp³-hybridized carbons (Fsp3) is 0.733. The topological polar surface area (TPSA) is 87.9 Å². The van der Waals surface area contributed by atoms with Gasteiger partial charge in [0.05, 0.1) is 19.1 Å². The van der Waals surface area contributed by atoms with E-state index in [0.717, 1.165) is 18.3 Å². The minimum Gasteiger partial charge on any atom is -0.444 e. The fourth-order valence-corrected chi connectivity index (χ4v) is 2.85. The summed E-state index contributed by atoms with van der Waals surface area (Å²) >= 11 is 0. The quantitative estimate of drug-likeness (QED) is 0.654. The maximum Gasteiger partial charge on any atom is 0.410 e. The summed E-state index contributed by atoms with van der Waals surface area (Å²) in [6, 6.07) is 0.202. The molecule has 1 aromatic rings. The highest BCUT2D eigenvalue weighted by molar-refractivity contribution is 14.0. The van der Waals surface area contributed by atoms with Gasteiger partial charge in [-0.2, -0.15) is 0 Å². The minimum atomic E-state index is -0.469. The number of halogens is 1. The number of aryl methyl sites for hydroxylation is 1. The predicted molar refractivity (Wildman–Crippen MR) is 104 cm³/mol. The van der Waals surface area contributed by atoms with Gasteiger partial charge < -0.3 is 24.4 Å². The molecule has 2 aliphatic rings. The van der Waals surface area contributed by atoms with Crippen LogP contribution in [0.15, 0.2) is 11.3 Å². The van der Waals surface area contributed by atoms with E-state index in [1.165, 1.54) is 0 Å². The molecule has 1 unspecified atom stereocenters. The largest absolute Gasteiger partial charge is 0.444 e. The maximum atomic E-state index is 12.2. The van der Waals surface area contributed by atoms with E-state index in [2.05, 4.69) is 25.4 Å². The molecular weight excluding hydrogens is 437 g/mol. The molecule has 25 heavy (non-hydrogen) atoms. The van der Waals surface area contributed by atoms with Crippen molar-refractivity contribution in [2.45, 2.75) is 39.0 Å². The molecule has 0 radical (unpaired) electrons. The van der Waals surface area contributed by atoms with Gasteiger partial charge >= 0.3 is 6.09 Å². The number of piperazine rings is 1. The van der Waals surface area contributed by atoms with Crippen molar-refractivity contribution >= 4 is 36.0 Å². The molecule has 140 valence electrons. The molecule has 9 nitrogen and oxygen atoms in total. The van der Waals surface area contributed by atoms with Gasteiger partial charge in [0.2, 0.25) is 0 Å². The first-order valence-electron chi connectivity index (χ1n) is 8.19. The number of hydrogen-bond acceptors (Lipinski definition) is 7. The third-order valence-corrected chi connectivity index (χ3v) is 4.07. The fourth-order valence-electron chi connectivity index (χ4n) is 2.85. The third-order valence-electron chi connectivity index (χ3n) is 4.07. The summed E-state index contributed by atoms with van der Waals surface area (Å²) in [5.41, 5.74) is -0.469. The van der Waals surface area contributed by atoms with Crippen molar-refractivity contribution in [3.8, 4) is 0 Å². The van der Waals surface area contributed by atoms with Gasteiger partial charge in [0.25, 0.3) is 0 Å². The Hall–Kier alpha value is -1.59. The zero-order valence-corrected chi connectivity index (χ0v) is 17.4. The molecule has 1 fully saturated rings. The van der Waals surface area contributed by atoms with Crippen molar-refractivity contribution in [3.63, 3.8) is 0 Å². The zero-order valence-electron chi connectivity index (χ0n) is 15.1. The van der Waals surface area contributed by atoms with Crippen molar-refractivity contribution in [2.24, 2.45) is 12.0 Å². The van der Waals surface area contributed by atoms with Gasteiger partial charge in [0, 0.05) is 26.7 Å². The Kier molecular flexibility index (Phi) is 6.12. The van der Waals surface area contributed by atoms with Crippen LogP contribution in [-0.2, 0) is 18.3 Å². The van der Waals surface area contributed by atoms with E-state index in [0.29, 0.717) is 26.2 Å². The molecule has 1 amide bonds. The van der Waals surface area contributed by atoms with Crippen LogP contribution in [0.25, 0.3) is 0 Å². The average Bonchev–Trinajstić information content (AvgIpc) is 3.09. The molecular formula is C15H26IN7O2. The second kappa shape index (κ2) is 7.75. The van der Waals surface area contributed by atoms with E-state index in [1.54, 1.807) is 11.2 Å². The third kappa shape index (κ3) is 4.73. The first-order valence-corrected chi connectivity index (χ1v) is 8.19. The molecule has 2 aliphatic heterocycles. The Bertz CT molecular complexity index is 640. The van der Waals surface area contributed by atoms with Crippen LogP contribution in [0.3, 0.4) is 0 Å². The van der Waals surface area contributed by atoms with Crippen LogP contribution in [0.1, 0.15) is 26.6 Å². The van der Waals surface area contributed by atoms with Crippen molar-refractivity contribution in [1.29, 1.82) is 0 Å². The van der Waals surface area contributed by atoms with Crippen LogP contribution in [0.5, 0.6) is 0 Å². The molecule has 3 heterocycles. The number of ether oxygens (including phenoxy) is 1. The Morgan fingerprint density at radius 3 is 2.80 bits per heavy atom. The zero-order chi connectivity index (χ0) is 17.3. The number of carbonyl (C=O) groups is 1. The molecule has 0 saturated carbocycles. The molecule has 1 saturated heterocycles. The van der Waals surface area contributed by atoms with E-state index < -0.39 is 5.60 Å². The first kappa shape index (κ1) is 19.7. The molecule has 1 N–H and O–H groups in total. The number of nitrogens with one attached hydrogen (secondary N) is 1. The number of aliphatic imine (C=N–C) groups is 1. The van der Waals surface area contributed by atoms with E-state index in [1.807, 2.05) is 32.4 Å². The summed E-state index contributed by atoms with van der Waals surface area (Å²) in [5.74, 6) is 1.72. The van der Waals surface area contributed by atoms with Crippen LogP contribution in [0.2, 0.25) is 0 Å². The van der Waals surface area contributed by atoms with Gasteiger partial charge in [-0.15, -0.1) is 34.2 Å². The van der Waals surface area contributed by atoms with Gasteiger partial charge in [-0.25, -0.2) is 4.79 Å². The second-order valence-corrected chi connectivity index (χ2v) is 7.15. The number of amides is 1. The van der Waals surface area contributed by atoms with Crippen LogP contribution >= 0.6 is 24.0 Å². The molecule has 1 aromatic heterocycles. The summed E-state index contributed by atoms with van der Waals surface area (Å²) in [4.78, 5) is 20.8. The number of fused-ring (bicyclic) bond motifs is 1. The van der Waals surface area contributed by atoms with Gasteiger partial charge in [-0.1, -0.05) is 0 Å². The lowest BCUT2D eigenvalue weighted by Gasteiger charge is -2.39. The number of carbonyl (C=O) groups excluding carboxylic acids is 1. The highest BCUT2D eigenvalue weighted by Gasteiger charge is 2.36. The summed E-state index contributed by atoms with van der Waals surface area (Å²) in [5, 5.41) is 11.3. The highest BCUT2D eigenvalue weighted by atomic mass is 127. The van der Waals surface area contributed by atoms with Crippen LogP contribution < -0.4 is 5.32 Å². The first-order chi connectivity index (χ1) is 11.3. The van der Waals surface area contributed by atoms with Crippen molar-refractivity contribution in [3.05, 3.63) is 12.2 Å². The number of guanidine groups is 1. The van der Waals surface area contributed by atoms with E-state index in [4.69, 9.17) is 4.74 Å². The lowest BCUT2D eigenvalue weighted by atomic mass is 10.2. The Morgan fingerprint density at radius 1 is 1.40 bits per heavy atom. The lowest BCUT2D eigenvalue weighted by molar-refractivity contribution is 0.0137. The summed E-state index contributed by atoms with van der Waals surface area (Å²) in [7, 11) is 1.91. The van der Waals surface area contributed by atoms with Crippen molar-refractivity contribution < 1.29 is 9.53 Å². The minimum absolute atomic E-state index is 0. The van der Waals surface area contributed by atoms with Gasteiger partial charge in [-0.3, -0.25) is 4.99 Å². The monoisotopic (exact) mass is 463 g/mol. The van der Waals surface area contributed by atoms with Gasteiger partial charge in [-0.05, 0) is 20.8 Å². The Balaban J connectivity index is 0.00000225. The molecule has 10 heteroatoms.